The maximum Gasteiger partial charge on any atom is 0.311 e. The van der Waals surface area contributed by atoms with Gasteiger partial charge in [-0.05, 0) is 38.1 Å². The summed E-state index contributed by atoms with van der Waals surface area (Å²) in [5, 5.41) is 8.09. The van der Waals surface area contributed by atoms with Crippen LogP contribution in [0.25, 0.3) is 5.78 Å². The number of nitrogens with zero attached hydrogens (tertiary/aromatic N) is 5. The number of hydrazone groups is 1. The van der Waals surface area contributed by atoms with Gasteiger partial charge in [-0.3, -0.25) is 4.79 Å². The maximum atomic E-state index is 12.2. The largest absolute Gasteiger partial charge is 0.496 e. The molecule has 0 atom stereocenters. The molecule has 3 aromatic rings. The van der Waals surface area contributed by atoms with Gasteiger partial charge in [0.05, 0.1) is 13.3 Å². The Bertz CT molecular complexity index is 982. The summed E-state index contributed by atoms with van der Waals surface area (Å²) in [5.41, 5.74) is 4.78. The molecule has 2 heterocycles. The van der Waals surface area contributed by atoms with Crippen LogP contribution in [-0.4, -0.2) is 38.8 Å². The fraction of sp³-hybridized carbons (Fsp3) is 0.188. The summed E-state index contributed by atoms with van der Waals surface area (Å²) in [4.78, 5) is 20.6. The highest BCUT2D eigenvalue weighted by Crippen LogP contribution is 2.21. The predicted molar refractivity (Wildman–Crippen MR) is 96.0 cm³/mol. The second kappa shape index (κ2) is 6.98. The summed E-state index contributed by atoms with van der Waals surface area (Å²) < 4.78 is 7.64. The van der Waals surface area contributed by atoms with Gasteiger partial charge in [-0.25, -0.2) is 14.9 Å². The molecule has 0 aliphatic heterocycles. The third-order valence-electron chi connectivity index (χ3n) is 3.38. The molecule has 9 heteroatoms. The Labute approximate surface area is 152 Å². The number of nitrogens with one attached hydrogen (secondary N) is 1. The fourth-order valence-corrected chi connectivity index (χ4v) is 2.66. The molecule has 8 nitrogen and oxygen atoms in total. The Balaban J connectivity index is 1.79. The first-order chi connectivity index (χ1) is 12.0. The first-order valence-corrected chi connectivity index (χ1v) is 8.15. The SMILES string of the molecule is COc1ccc(Br)cc1/C=N\NC(=O)c1nc2nc(C)cc(C)n2n1. The number of methoxy groups -OCH3 is 1. The van der Waals surface area contributed by atoms with Gasteiger partial charge in [0, 0.05) is 21.4 Å². The average Bonchev–Trinajstić information content (AvgIpc) is 2.99. The van der Waals surface area contributed by atoms with Crippen LogP contribution in [0.4, 0.5) is 0 Å². The van der Waals surface area contributed by atoms with E-state index < -0.39 is 5.91 Å². The minimum atomic E-state index is -0.521. The van der Waals surface area contributed by atoms with Gasteiger partial charge in [0.1, 0.15) is 5.75 Å². The van der Waals surface area contributed by atoms with Crippen molar-refractivity contribution in [1.29, 1.82) is 0 Å². The summed E-state index contributed by atoms with van der Waals surface area (Å²) in [7, 11) is 1.57. The summed E-state index contributed by atoms with van der Waals surface area (Å²) in [6, 6.07) is 7.34. The molecule has 2 aromatic heterocycles. The normalized spacial score (nSPS) is 11.2. The van der Waals surface area contributed by atoms with Crippen LogP contribution in [0.15, 0.2) is 33.8 Å². The topological polar surface area (TPSA) is 93.8 Å². The van der Waals surface area contributed by atoms with E-state index in [9.17, 15) is 4.79 Å². The number of halogens is 1. The van der Waals surface area contributed by atoms with E-state index in [2.05, 4.69) is 41.5 Å². The molecule has 3 rings (SSSR count). The van der Waals surface area contributed by atoms with Gasteiger partial charge in [-0.2, -0.15) is 10.1 Å². The molecule has 0 aliphatic carbocycles. The van der Waals surface area contributed by atoms with Gasteiger partial charge in [0.25, 0.3) is 5.78 Å². The number of rotatable bonds is 4. The zero-order valence-electron chi connectivity index (χ0n) is 13.8. The number of carbonyl (C=O) groups is 1. The van der Waals surface area contributed by atoms with Crippen molar-refractivity contribution in [3.8, 4) is 5.75 Å². The highest BCUT2D eigenvalue weighted by atomic mass is 79.9. The van der Waals surface area contributed by atoms with Crippen molar-refractivity contribution < 1.29 is 9.53 Å². The molecular weight excluding hydrogens is 388 g/mol. The van der Waals surface area contributed by atoms with Crippen molar-refractivity contribution >= 4 is 33.8 Å². The van der Waals surface area contributed by atoms with E-state index in [-0.39, 0.29) is 5.82 Å². The summed E-state index contributed by atoms with van der Waals surface area (Å²) in [6.07, 6.45) is 1.49. The van der Waals surface area contributed by atoms with Gasteiger partial charge in [-0.15, -0.1) is 5.10 Å². The van der Waals surface area contributed by atoms with Crippen LogP contribution >= 0.6 is 15.9 Å². The summed E-state index contributed by atoms with van der Waals surface area (Å²) in [5.74, 6) is 0.495. The Morgan fingerprint density at radius 3 is 2.88 bits per heavy atom. The van der Waals surface area contributed by atoms with E-state index in [1.807, 2.05) is 32.0 Å². The molecule has 1 aromatic carbocycles. The maximum absolute atomic E-state index is 12.2. The predicted octanol–water partition coefficient (Wildman–Crippen LogP) is 2.28. The van der Waals surface area contributed by atoms with Crippen LogP contribution in [0.3, 0.4) is 0 Å². The number of carbonyl (C=O) groups excluding carboxylic acids is 1. The van der Waals surface area contributed by atoms with Crippen LogP contribution in [0.5, 0.6) is 5.75 Å². The Kier molecular flexibility index (Phi) is 4.75. The second-order valence-electron chi connectivity index (χ2n) is 5.27. The molecule has 0 aliphatic rings. The lowest BCUT2D eigenvalue weighted by Crippen LogP contribution is -2.19. The number of hydrogen-bond donors (Lipinski definition) is 1. The van der Waals surface area contributed by atoms with Crippen LogP contribution in [0, 0.1) is 13.8 Å². The van der Waals surface area contributed by atoms with E-state index in [0.717, 1.165) is 15.9 Å². The second-order valence-corrected chi connectivity index (χ2v) is 6.19. The van der Waals surface area contributed by atoms with Crippen LogP contribution in [0.2, 0.25) is 0 Å². The quantitative estimate of drug-likeness (QED) is 0.533. The molecule has 0 spiro atoms. The van der Waals surface area contributed by atoms with Gasteiger partial charge in [0.2, 0.25) is 5.82 Å². The number of amides is 1. The molecule has 25 heavy (non-hydrogen) atoms. The molecule has 0 saturated heterocycles. The minimum absolute atomic E-state index is 0.000410. The highest BCUT2D eigenvalue weighted by Gasteiger charge is 2.14. The highest BCUT2D eigenvalue weighted by molar-refractivity contribution is 9.10. The lowest BCUT2D eigenvalue weighted by atomic mass is 10.2. The third-order valence-corrected chi connectivity index (χ3v) is 3.88. The van der Waals surface area contributed by atoms with Crippen molar-refractivity contribution in [2.75, 3.05) is 7.11 Å². The Morgan fingerprint density at radius 1 is 1.32 bits per heavy atom. The van der Waals surface area contributed by atoms with E-state index in [4.69, 9.17) is 4.74 Å². The zero-order chi connectivity index (χ0) is 18.0. The molecule has 1 N–H and O–H groups in total. The van der Waals surface area contributed by atoms with Gasteiger partial charge < -0.3 is 4.74 Å². The number of hydrogen-bond acceptors (Lipinski definition) is 6. The summed E-state index contributed by atoms with van der Waals surface area (Å²) in [6.45, 7) is 3.73. The molecule has 1 amide bonds. The number of benzene rings is 1. The van der Waals surface area contributed by atoms with Crippen LogP contribution in [0.1, 0.15) is 27.6 Å². The van der Waals surface area contributed by atoms with E-state index in [1.165, 1.54) is 10.7 Å². The molecule has 0 unspecified atom stereocenters. The third kappa shape index (κ3) is 3.66. The lowest BCUT2D eigenvalue weighted by molar-refractivity contribution is 0.0945. The smallest absolute Gasteiger partial charge is 0.311 e. The van der Waals surface area contributed by atoms with Crippen LogP contribution in [-0.2, 0) is 0 Å². The van der Waals surface area contributed by atoms with Crippen molar-refractivity contribution in [2.45, 2.75) is 13.8 Å². The standard InChI is InChI=1S/C16H15BrN6O2/c1-9-6-10(2)23-16(19-9)20-14(22-23)15(24)21-18-8-11-7-12(17)4-5-13(11)25-3/h4-8H,1-3H3,(H,21,24)/b18-8-. The average molecular weight is 403 g/mol. The molecule has 0 radical (unpaired) electrons. The van der Waals surface area contributed by atoms with E-state index in [0.29, 0.717) is 17.1 Å². The van der Waals surface area contributed by atoms with E-state index >= 15 is 0 Å². The number of aryl methyl sites for hydroxylation is 2. The monoisotopic (exact) mass is 402 g/mol. The molecule has 0 saturated carbocycles. The number of fused-ring (bicyclic) bond motifs is 1. The zero-order valence-corrected chi connectivity index (χ0v) is 15.4. The number of aromatic nitrogens is 4. The first kappa shape index (κ1) is 17.0. The van der Waals surface area contributed by atoms with Gasteiger partial charge in [-0.1, -0.05) is 15.9 Å². The van der Waals surface area contributed by atoms with Crippen molar-refractivity contribution in [2.24, 2.45) is 5.10 Å². The van der Waals surface area contributed by atoms with Gasteiger partial charge in [0.15, 0.2) is 0 Å². The number of ether oxygens (including phenoxy) is 1. The van der Waals surface area contributed by atoms with Gasteiger partial charge >= 0.3 is 5.91 Å². The van der Waals surface area contributed by atoms with Crippen molar-refractivity contribution in [3.05, 3.63) is 51.5 Å². The molecule has 0 fully saturated rings. The molecule has 128 valence electrons. The van der Waals surface area contributed by atoms with Crippen molar-refractivity contribution in [3.63, 3.8) is 0 Å². The minimum Gasteiger partial charge on any atom is -0.496 e. The fourth-order valence-electron chi connectivity index (χ4n) is 2.28. The lowest BCUT2D eigenvalue weighted by Gasteiger charge is -2.04. The van der Waals surface area contributed by atoms with E-state index in [1.54, 1.807) is 13.2 Å². The summed E-state index contributed by atoms with van der Waals surface area (Å²) >= 11 is 3.38. The van der Waals surface area contributed by atoms with Crippen molar-refractivity contribution in [1.82, 2.24) is 25.0 Å². The Morgan fingerprint density at radius 2 is 2.12 bits per heavy atom. The first-order valence-electron chi connectivity index (χ1n) is 7.36. The molecule has 0 bridgehead atoms. The molecular formula is C16H15BrN6O2. The van der Waals surface area contributed by atoms with Crippen LogP contribution < -0.4 is 10.2 Å². The Hall–Kier alpha value is -2.81.